The summed E-state index contributed by atoms with van der Waals surface area (Å²) in [5.74, 6) is 0. The molecule has 0 N–H and O–H groups in total. The number of rotatable bonds is 7. The Balaban J connectivity index is 0.0000000998. The normalized spacial score (nSPS) is 12.1. The maximum absolute atomic E-state index is 2.48. The van der Waals surface area contributed by atoms with Gasteiger partial charge in [-0.25, -0.2) is 0 Å². The van der Waals surface area contributed by atoms with Gasteiger partial charge in [0.1, 0.15) is 0 Å². The number of fused-ring (bicyclic) bond motifs is 35. The lowest BCUT2D eigenvalue weighted by atomic mass is 10.00. The molecule has 6 heteroatoms. The number of hydrogen-bond donors (Lipinski definition) is 0. The van der Waals surface area contributed by atoms with Gasteiger partial charge in [-0.1, -0.05) is 358 Å². The van der Waals surface area contributed by atoms with Gasteiger partial charge in [-0.2, -0.15) is 0 Å². The van der Waals surface area contributed by atoms with Crippen LogP contribution in [-0.2, 0) is 0 Å². The van der Waals surface area contributed by atoms with Gasteiger partial charge in [0, 0.05) is 98.8 Å². The third-order valence-electron chi connectivity index (χ3n) is 30.6. The van der Waals surface area contributed by atoms with Crippen molar-refractivity contribution >= 4 is 239 Å². The van der Waals surface area contributed by atoms with Gasteiger partial charge < -0.3 is 27.4 Å². The topological polar surface area (TPSA) is 29.6 Å². The highest BCUT2D eigenvalue weighted by atomic mass is 15.0. The molecule has 32 rings (SSSR count). The maximum atomic E-state index is 2.48. The molecule has 6 nitrogen and oxygen atoms in total. The van der Waals surface area contributed by atoms with Gasteiger partial charge in [-0.15, -0.1) is 0 Å². The maximum Gasteiger partial charge on any atom is 0.0547 e. The molecule has 0 saturated heterocycles. The Morgan fingerprint density at radius 2 is 0.282 bits per heavy atom. The molecule has 0 saturated carbocycles. The molecule has 0 amide bonds. The first-order chi connectivity index (χ1) is 70.4. The molecule has 0 aliphatic carbocycles. The minimum atomic E-state index is 1.16. The molecular formula is C136H84N6. The van der Waals surface area contributed by atoms with Crippen molar-refractivity contribution in [2.24, 2.45) is 0 Å². The number of para-hydroxylation sites is 2. The van der Waals surface area contributed by atoms with E-state index in [2.05, 4.69) is 537 Å². The van der Waals surface area contributed by atoms with Crippen molar-refractivity contribution in [1.82, 2.24) is 27.4 Å². The van der Waals surface area contributed by atoms with Crippen molar-refractivity contribution in [3.05, 3.63) is 510 Å². The number of aromatic nitrogens is 6. The minimum Gasteiger partial charge on any atom is -0.309 e. The number of nitrogens with zero attached hydrogens (tertiary/aromatic N) is 6. The zero-order valence-corrected chi connectivity index (χ0v) is 77.2. The molecule has 0 bridgehead atoms. The lowest BCUT2D eigenvalue weighted by molar-refractivity contribution is 1.17. The fourth-order valence-corrected chi connectivity index (χ4v) is 24.2. The molecule has 0 fully saturated rings. The van der Waals surface area contributed by atoms with Gasteiger partial charge in [0.15, 0.2) is 0 Å². The zero-order chi connectivity index (χ0) is 92.9. The average Bonchev–Trinajstić information content (AvgIpc) is 1.57. The lowest BCUT2D eigenvalue weighted by Gasteiger charge is -2.11. The molecule has 0 unspecified atom stereocenters. The summed E-state index contributed by atoms with van der Waals surface area (Å²) in [6, 6.07) is 187. The molecule has 32 aromatic rings. The van der Waals surface area contributed by atoms with Crippen molar-refractivity contribution in [2.75, 3.05) is 0 Å². The van der Waals surface area contributed by atoms with Crippen LogP contribution in [-0.4, -0.2) is 27.4 Å². The van der Waals surface area contributed by atoms with Crippen LogP contribution in [0.4, 0.5) is 0 Å². The molecule has 6 heterocycles. The highest BCUT2D eigenvalue weighted by Crippen LogP contribution is 2.49. The van der Waals surface area contributed by atoms with E-state index in [1.165, 1.54) is 272 Å². The van der Waals surface area contributed by atoms with Crippen LogP contribution < -0.4 is 0 Å². The Hall–Kier alpha value is -18.9. The van der Waals surface area contributed by atoms with E-state index in [0.29, 0.717) is 0 Å². The van der Waals surface area contributed by atoms with E-state index in [-0.39, 0.29) is 0 Å². The van der Waals surface area contributed by atoms with E-state index in [1.54, 1.807) is 0 Å². The van der Waals surface area contributed by atoms with Crippen LogP contribution >= 0.6 is 0 Å². The average molecular weight is 1800 g/mol. The van der Waals surface area contributed by atoms with E-state index >= 15 is 0 Å². The summed E-state index contributed by atoms with van der Waals surface area (Å²) in [6.07, 6.45) is 0. The third kappa shape index (κ3) is 12.1. The Morgan fingerprint density at radius 3 is 0.620 bits per heavy atom. The first-order valence-electron chi connectivity index (χ1n) is 49.1. The second kappa shape index (κ2) is 31.3. The van der Waals surface area contributed by atoms with Crippen LogP contribution in [0.2, 0.25) is 0 Å². The van der Waals surface area contributed by atoms with Crippen LogP contribution in [0.25, 0.3) is 284 Å². The fraction of sp³-hybridized carbons (Fsp3) is 0. The summed E-state index contributed by atoms with van der Waals surface area (Å²) >= 11 is 0. The summed E-state index contributed by atoms with van der Waals surface area (Å²) in [4.78, 5) is 0. The van der Waals surface area contributed by atoms with Gasteiger partial charge in [0.25, 0.3) is 0 Å². The summed E-state index contributed by atoms with van der Waals surface area (Å²) in [7, 11) is 0. The van der Waals surface area contributed by atoms with E-state index < -0.39 is 0 Å². The molecule has 0 radical (unpaired) electrons. The SMILES string of the molecule is c1ccc2cc(-c3ccc(-n4c5ccccc5c5cc(-n6c7ccc8ccccc8c7c7c8ccccc8ccc76)ccc54)cc3)ccc2c1.c1ccc2cc(-n3c4ccc(-n5c6ccc7ccccc7c6c6c7ccccc7ccc65)cc4c4c5ccccc5ccc43)ccc2c1.c1ccc2cc(-n3c4ccccc4c4cc(-n5c6ccc7ccccc7c6c6c7ccccc7ccc65)ccc43)ccc2c1. The summed E-state index contributed by atoms with van der Waals surface area (Å²) < 4.78 is 14.7. The molecule has 142 heavy (non-hydrogen) atoms. The van der Waals surface area contributed by atoms with E-state index in [4.69, 9.17) is 0 Å². The second-order valence-electron chi connectivity index (χ2n) is 38.1. The van der Waals surface area contributed by atoms with Crippen LogP contribution in [0.15, 0.2) is 510 Å². The van der Waals surface area contributed by atoms with Crippen molar-refractivity contribution in [3.8, 4) is 45.3 Å². The van der Waals surface area contributed by atoms with E-state index in [0.717, 1.165) is 11.4 Å². The lowest BCUT2D eigenvalue weighted by Crippen LogP contribution is -1.96. The highest BCUT2D eigenvalue weighted by Gasteiger charge is 2.26. The fourth-order valence-electron chi connectivity index (χ4n) is 24.2. The Bertz CT molecular complexity index is 10700. The van der Waals surface area contributed by atoms with Crippen molar-refractivity contribution in [1.29, 1.82) is 0 Å². The predicted molar refractivity (Wildman–Crippen MR) is 606 cm³/mol. The minimum absolute atomic E-state index is 1.16. The third-order valence-corrected chi connectivity index (χ3v) is 30.6. The molecule has 6 aromatic heterocycles. The summed E-state index contributed by atoms with van der Waals surface area (Å²) in [6.45, 7) is 0. The summed E-state index contributed by atoms with van der Waals surface area (Å²) in [5, 5.41) is 40.8. The monoisotopic (exact) mass is 1800 g/mol. The Labute approximate surface area is 814 Å². The Kier molecular flexibility index (Phi) is 17.5. The van der Waals surface area contributed by atoms with E-state index in [1.807, 2.05) is 0 Å². The van der Waals surface area contributed by atoms with Gasteiger partial charge in [0.2, 0.25) is 0 Å². The van der Waals surface area contributed by atoms with Crippen LogP contribution in [0.1, 0.15) is 0 Å². The molecule has 0 atom stereocenters. The second-order valence-corrected chi connectivity index (χ2v) is 38.1. The van der Waals surface area contributed by atoms with Gasteiger partial charge >= 0.3 is 0 Å². The summed E-state index contributed by atoms with van der Waals surface area (Å²) in [5.41, 5.74) is 24.1. The molecular weight excluding hydrogens is 1720 g/mol. The standard InChI is InChI=1S/C48H30N2.C46H28N2.C42H26N2/c1-2-12-35-29-36(18-17-31(35)9-1)32-19-23-37(24-20-32)49-43-16-8-7-15-41(43)42-30-38(25-28-44(42)49)50-45-26-21-33-10-3-5-13-39(33)47(45)48-40-14-6-4-11-34(40)22-27-46(48)50;1-2-13-33-27-34(21-17-29(33)9-1)47-40-26-22-35(28-39(40)44-36-14-6-3-10-30(36)18-23-41(44)47)48-42-24-19-31-11-4-7-15-37(31)45(42)46-38-16-8-5-12-32(38)20-25-43(46)48;1-2-12-30-25-31(20-17-27(30)9-1)43-37-16-8-7-15-35(37)36-26-32(21-24-38(36)43)44-39-22-18-28-10-3-5-13-33(28)41(39)42-34-14-6-4-11-29(34)19-23-40(42)44/h1-30H;1-28H;1-26H. The zero-order valence-electron chi connectivity index (χ0n) is 77.2. The van der Waals surface area contributed by atoms with Crippen LogP contribution in [0, 0.1) is 0 Å². The van der Waals surface area contributed by atoms with Crippen LogP contribution in [0.3, 0.4) is 0 Å². The predicted octanol–water partition coefficient (Wildman–Crippen LogP) is 36.8. The highest BCUT2D eigenvalue weighted by molar-refractivity contribution is 6.33. The number of hydrogen-bond acceptors (Lipinski definition) is 0. The van der Waals surface area contributed by atoms with Gasteiger partial charge in [0.05, 0.1) is 66.2 Å². The number of benzene rings is 26. The largest absolute Gasteiger partial charge is 0.309 e. The van der Waals surface area contributed by atoms with Crippen molar-refractivity contribution in [3.63, 3.8) is 0 Å². The molecule has 0 spiro atoms. The first kappa shape index (κ1) is 79.3. The molecule has 26 aromatic carbocycles. The van der Waals surface area contributed by atoms with Crippen LogP contribution in [0.5, 0.6) is 0 Å². The molecule has 0 aliphatic heterocycles. The quantitative estimate of drug-likeness (QED) is 0.152. The van der Waals surface area contributed by atoms with Crippen molar-refractivity contribution < 1.29 is 0 Å². The first-order valence-corrected chi connectivity index (χ1v) is 49.1. The van der Waals surface area contributed by atoms with E-state index in [9.17, 15) is 0 Å². The molecule has 0 aliphatic rings. The molecule has 658 valence electrons. The van der Waals surface area contributed by atoms with Gasteiger partial charge in [-0.3, -0.25) is 0 Å². The smallest absolute Gasteiger partial charge is 0.0547 e. The van der Waals surface area contributed by atoms with Gasteiger partial charge in [-0.05, 0) is 271 Å². The van der Waals surface area contributed by atoms with Crippen molar-refractivity contribution in [2.45, 2.75) is 0 Å². The Morgan fingerprint density at radius 1 is 0.0915 bits per heavy atom.